The molecule has 1 aromatic carbocycles. The molecule has 1 unspecified atom stereocenters. The fraction of sp³-hybridized carbons (Fsp3) is 0.538. The first-order valence-electron chi connectivity index (χ1n) is 6.61. The molecule has 1 heterocycles. The monoisotopic (exact) mass is 301 g/mol. The smallest absolute Gasteiger partial charge is 0.243 e. The van der Waals surface area contributed by atoms with Crippen LogP contribution in [-0.4, -0.2) is 50.3 Å². The third kappa shape index (κ3) is 2.94. The highest BCUT2D eigenvalue weighted by molar-refractivity contribution is 7.89. The summed E-state index contributed by atoms with van der Waals surface area (Å²) >= 11 is 0. The topological polar surface area (TPSA) is 66.6 Å². The molecule has 0 spiro atoms. The van der Waals surface area contributed by atoms with Crippen molar-refractivity contribution in [3.63, 3.8) is 0 Å². The van der Waals surface area contributed by atoms with Crippen molar-refractivity contribution in [1.29, 1.82) is 0 Å². The first-order valence-corrected chi connectivity index (χ1v) is 8.05. The molecule has 1 saturated heterocycles. The van der Waals surface area contributed by atoms with Gasteiger partial charge in [-0.05, 0) is 31.7 Å². The van der Waals surface area contributed by atoms with Gasteiger partial charge in [0, 0.05) is 31.4 Å². The Morgan fingerprint density at radius 1 is 1.35 bits per heavy atom. The van der Waals surface area contributed by atoms with Gasteiger partial charge in [-0.25, -0.2) is 12.8 Å². The molecule has 7 heteroatoms. The number of nitrogens with two attached hydrogens (primary N) is 1. The lowest BCUT2D eigenvalue weighted by molar-refractivity contribution is 0.144. The summed E-state index contributed by atoms with van der Waals surface area (Å²) in [6.07, 6.45) is 0.869. The van der Waals surface area contributed by atoms with E-state index in [-0.39, 0.29) is 16.6 Å². The van der Waals surface area contributed by atoms with Crippen LogP contribution < -0.4 is 5.73 Å². The molecule has 112 valence electrons. The van der Waals surface area contributed by atoms with E-state index < -0.39 is 15.8 Å². The first kappa shape index (κ1) is 15.2. The van der Waals surface area contributed by atoms with E-state index in [1.54, 1.807) is 0 Å². The van der Waals surface area contributed by atoms with Crippen LogP contribution in [0.4, 0.5) is 10.1 Å². The Balaban J connectivity index is 2.30. The Morgan fingerprint density at radius 2 is 2.05 bits per heavy atom. The second kappa shape index (κ2) is 5.67. The molecule has 1 aliphatic heterocycles. The van der Waals surface area contributed by atoms with Crippen molar-refractivity contribution < 1.29 is 12.8 Å². The molecule has 0 bridgehead atoms. The minimum Gasteiger partial charge on any atom is -0.399 e. The van der Waals surface area contributed by atoms with Crippen molar-refractivity contribution in [3.8, 4) is 0 Å². The highest BCUT2D eigenvalue weighted by atomic mass is 32.2. The van der Waals surface area contributed by atoms with Crippen LogP contribution in [0.2, 0.25) is 0 Å². The fourth-order valence-electron chi connectivity index (χ4n) is 2.46. The van der Waals surface area contributed by atoms with Crippen molar-refractivity contribution >= 4 is 15.7 Å². The molecule has 2 rings (SSSR count). The minimum atomic E-state index is -3.69. The standard InChI is InChI=1S/C13H20FN3O2S/c1-3-12-9-17(5-4-16(12)2)20(18,19)13-7-10(14)6-11(15)8-13/h6-8,12H,3-5,9,15H2,1-2H3. The second-order valence-electron chi connectivity index (χ2n) is 5.13. The summed E-state index contributed by atoms with van der Waals surface area (Å²) < 4.78 is 39.9. The lowest BCUT2D eigenvalue weighted by Crippen LogP contribution is -2.52. The van der Waals surface area contributed by atoms with Crippen molar-refractivity contribution in [2.24, 2.45) is 0 Å². The van der Waals surface area contributed by atoms with Crippen LogP contribution in [0, 0.1) is 5.82 Å². The van der Waals surface area contributed by atoms with Crippen molar-refractivity contribution in [2.75, 3.05) is 32.4 Å². The summed E-state index contributed by atoms with van der Waals surface area (Å²) in [7, 11) is -1.70. The lowest BCUT2D eigenvalue weighted by Gasteiger charge is -2.38. The molecule has 1 aromatic rings. The second-order valence-corrected chi connectivity index (χ2v) is 7.06. The Labute approximate surface area is 119 Å². The van der Waals surface area contributed by atoms with Gasteiger partial charge in [-0.2, -0.15) is 4.31 Å². The summed E-state index contributed by atoms with van der Waals surface area (Å²) in [5, 5.41) is 0. The molecule has 0 aliphatic carbocycles. The van der Waals surface area contributed by atoms with E-state index in [1.807, 2.05) is 14.0 Å². The number of halogens is 1. The van der Waals surface area contributed by atoms with Gasteiger partial charge in [0.25, 0.3) is 0 Å². The quantitative estimate of drug-likeness (QED) is 0.850. The number of piperazine rings is 1. The fourth-order valence-corrected chi connectivity index (χ4v) is 3.99. The lowest BCUT2D eigenvalue weighted by atomic mass is 10.1. The maximum Gasteiger partial charge on any atom is 0.243 e. The van der Waals surface area contributed by atoms with Crippen LogP contribution in [0.15, 0.2) is 23.1 Å². The Hall–Kier alpha value is -1.18. The summed E-state index contributed by atoms with van der Waals surface area (Å²) in [6.45, 7) is 3.53. The Morgan fingerprint density at radius 3 is 2.65 bits per heavy atom. The number of anilines is 1. The zero-order valence-electron chi connectivity index (χ0n) is 11.7. The molecule has 20 heavy (non-hydrogen) atoms. The van der Waals surface area contributed by atoms with Gasteiger partial charge in [-0.3, -0.25) is 0 Å². The number of hydrogen-bond donors (Lipinski definition) is 1. The zero-order chi connectivity index (χ0) is 14.9. The number of rotatable bonds is 3. The Bertz CT molecular complexity index is 571. The molecule has 0 aromatic heterocycles. The third-order valence-corrected chi connectivity index (χ3v) is 5.59. The third-order valence-electron chi connectivity index (χ3n) is 3.74. The molecule has 0 saturated carbocycles. The highest BCUT2D eigenvalue weighted by Crippen LogP contribution is 2.23. The van der Waals surface area contributed by atoms with Crippen LogP contribution in [0.5, 0.6) is 0 Å². The molecule has 0 amide bonds. The van der Waals surface area contributed by atoms with E-state index in [1.165, 1.54) is 10.4 Å². The average Bonchev–Trinajstić information content (AvgIpc) is 2.37. The van der Waals surface area contributed by atoms with Gasteiger partial charge in [0.15, 0.2) is 0 Å². The van der Waals surface area contributed by atoms with Crippen LogP contribution in [0.25, 0.3) is 0 Å². The van der Waals surface area contributed by atoms with E-state index in [9.17, 15) is 12.8 Å². The average molecular weight is 301 g/mol. The van der Waals surface area contributed by atoms with E-state index in [4.69, 9.17) is 5.73 Å². The summed E-state index contributed by atoms with van der Waals surface area (Å²) in [5.41, 5.74) is 5.65. The van der Waals surface area contributed by atoms with Crippen molar-refractivity contribution in [1.82, 2.24) is 9.21 Å². The number of sulfonamides is 1. The Kier molecular flexibility index (Phi) is 4.31. The number of nitrogens with zero attached hydrogens (tertiary/aromatic N) is 2. The van der Waals surface area contributed by atoms with E-state index in [0.717, 1.165) is 18.6 Å². The van der Waals surface area contributed by atoms with Crippen molar-refractivity contribution in [3.05, 3.63) is 24.0 Å². The van der Waals surface area contributed by atoms with Crippen LogP contribution in [0.3, 0.4) is 0 Å². The number of likely N-dealkylation sites (N-methyl/N-ethyl adjacent to an activating group) is 1. The summed E-state index contributed by atoms with van der Waals surface area (Å²) in [5.74, 6) is -0.634. The maximum atomic E-state index is 13.4. The van der Waals surface area contributed by atoms with Gasteiger partial charge in [0.1, 0.15) is 5.82 Å². The molecule has 0 radical (unpaired) electrons. The summed E-state index contributed by atoms with van der Waals surface area (Å²) in [4.78, 5) is 2.07. The van der Waals surface area contributed by atoms with Gasteiger partial charge in [0.05, 0.1) is 4.90 Å². The van der Waals surface area contributed by atoms with Crippen LogP contribution in [-0.2, 0) is 10.0 Å². The molecule has 2 N–H and O–H groups in total. The molecule has 1 aliphatic rings. The summed E-state index contributed by atoms with van der Waals surface area (Å²) in [6, 6.07) is 3.62. The molecule has 1 atom stereocenters. The van der Waals surface area contributed by atoms with Gasteiger partial charge < -0.3 is 10.6 Å². The van der Waals surface area contributed by atoms with E-state index in [2.05, 4.69) is 4.90 Å². The van der Waals surface area contributed by atoms with Crippen LogP contribution >= 0.6 is 0 Å². The van der Waals surface area contributed by atoms with E-state index in [0.29, 0.717) is 19.6 Å². The maximum absolute atomic E-state index is 13.4. The largest absolute Gasteiger partial charge is 0.399 e. The van der Waals surface area contributed by atoms with Gasteiger partial charge >= 0.3 is 0 Å². The van der Waals surface area contributed by atoms with E-state index >= 15 is 0 Å². The van der Waals surface area contributed by atoms with Crippen molar-refractivity contribution in [2.45, 2.75) is 24.3 Å². The molecular formula is C13H20FN3O2S. The van der Waals surface area contributed by atoms with Crippen LogP contribution in [0.1, 0.15) is 13.3 Å². The van der Waals surface area contributed by atoms with Gasteiger partial charge in [0.2, 0.25) is 10.0 Å². The predicted octanol–water partition coefficient (Wildman–Crippen LogP) is 1.12. The van der Waals surface area contributed by atoms with Gasteiger partial charge in [-0.1, -0.05) is 6.92 Å². The number of nitrogen functional groups attached to an aromatic ring is 1. The molecule has 5 nitrogen and oxygen atoms in total. The predicted molar refractivity (Wildman–Crippen MR) is 76.3 cm³/mol. The molecule has 1 fully saturated rings. The van der Waals surface area contributed by atoms with Gasteiger partial charge in [-0.15, -0.1) is 0 Å². The number of hydrogen-bond acceptors (Lipinski definition) is 4. The molecular weight excluding hydrogens is 281 g/mol. The first-order chi connectivity index (χ1) is 9.34. The normalized spacial score (nSPS) is 22.1. The minimum absolute atomic E-state index is 0.0746. The number of benzene rings is 1. The highest BCUT2D eigenvalue weighted by Gasteiger charge is 2.32. The zero-order valence-corrected chi connectivity index (χ0v) is 12.5. The SMILES string of the molecule is CCC1CN(S(=O)(=O)c2cc(N)cc(F)c2)CCN1C.